The fraction of sp³-hybridized carbons (Fsp3) is 0.0833. The summed E-state index contributed by atoms with van der Waals surface area (Å²) in [5, 5.41) is 6.26. The average molecular weight is 510 g/mol. The Morgan fingerprint density at radius 3 is 2.39 bits per heavy atom. The number of para-hydroxylation sites is 2. The van der Waals surface area contributed by atoms with Crippen LogP contribution >= 0.6 is 15.9 Å². The van der Waals surface area contributed by atoms with Gasteiger partial charge < -0.3 is 14.8 Å². The van der Waals surface area contributed by atoms with Crippen LogP contribution in [0.15, 0.2) is 76.3 Å². The molecule has 168 valence electrons. The van der Waals surface area contributed by atoms with E-state index in [4.69, 9.17) is 9.47 Å². The van der Waals surface area contributed by atoms with E-state index in [1.54, 1.807) is 54.6 Å². The number of methoxy groups -OCH3 is 1. The van der Waals surface area contributed by atoms with E-state index in [-0.39, 0.29) is 5.75 Å². The van der Waals surface area contributed by atoms with Gasteiger partial charge >= 0.3 is 17.8 Å². The molecule has 3 rings (SSSR count). The van der Waals surface area contributed by atoms with Crippen molar-refractivity contribution >= 4 is 45.6 Å². The van der Waals surface area contributed by atoms with Crippen LogP contribution in [0.25, 0.3) is 0 Å². The Morgan fingerprint density at radius 1 is 0.939 bits per heavy atom. The van der Waals surface area contributed by atoms with Crippen molar-refractivity contribution in [2.45, 2.75) is 6.92 Å². The smallest absolute Gasteiger partial charge is 0.343 e. The molecule has 9 heteroatoms. The van der Waals surface area contributed by atoms with Gasteiger partial charge in [-0.3, -0.25) is 9.59 Å². The summed E-state index contributed by atoms with van der Waals surface area (Å²) in [4.78, 5) is 36.7. The Hall–Kier alpha value is -3.98. The van der Waals surface area contributed by atoms with Crippen molar-refractivity contribution in [2.75, 3.05) is 12.4 Å². The van der Waals surface area contributed by atoms with E-state index < -0.39 is 17.8 Å². The molecule has 0 saturated heterocycles. The zero-order chi connectivity index (χ0) is 23.8. The predicted octanol–water partition coefficient (Wildman–Crippen LogP) is 4.07. The van der Waals surface area contributed by atoms with E-state index in [2.05, 4.69) is 31.8 Å². The second-order valence-electron chi connectivity index (χ2n) is 6.79. The fourth-order valence-electron chi connectivity index (χ4n) is 2.70. The van der Waals surface area contributed by atoms with Gasteiger partial charge in [-0.2, -0.15) is 5.10 Å². The molecule has 0 aliphatic heterocycles. The minimum Gasteiger partial charge on any atom is -0.495 e. The van der Waals surface area contributed by atoms with Gasteiger partial charge in [-0.15, -0.1) is 0 Å². The number of hydrogen-bond acceptors (Lipinski definition) is 6. The minimum atomic E-state index is -0.981. The van der Waals surface area contributed by atoms with Crippen LogP contribution < -0.4 is 20.2 Å². The molecule has 2 N–H and O–H groups in total. The molecule has 0 atom stereocenters. The van der Waals surface area contributed by atoms with Crippen LogP contribution in [-0.4, -0.2) is 31.1 Å². The summed E-state index contributed by atoms with van der Waals surface area (Å²) in [5.41, 5.74) is 4.33. The quantitative estimate of drug-likeness (QED) is 0.171. The molecule has 0 spiro atoms. The second kappa shape index (κ2) is 11.1. The van der Waals surface area contributed by atoms with Crippen molar-refractivity contribution in [3.63, 3.8) is 0 Å². The number of benzene rings is 3. The third-order valence-electron chi connectivity index (χ3n) is 4.39. The van der Waals surface area contributed by atoms with Gasteiger partial charge in [-0.25, -0.2) is 10.2 Å². The topological polar surface area (TPSA) is 106 Å². The summed E-state index contributed by atoms with van der Waals surface area (Å²) in [5.74, 6) is -1.79. The highest BCUT2D eigenvalue weighted by Gasteiger charge is 2.15. The number of carbonyl (C=O) groups excluding carboxylic acids is 3. The molecule has 0 aliphatic rings. The fourth-order valence-corrected chi connectivity index (χ4v) is 3.08. The highest BCUT2D eigenvalue weighted by molar-refractivity contribution is 9.10. The first-order valence-corrected chi connectivity index (χ1v) is 10.5. The highest BCUT2D eigenvalue weighted by Crippen LogP contribution is 2.24. The number of hydrazone groups is 1. The van der Waals surface area contributed by atoms with Gasteiger partial charge in [0.25, 0.3) is 0 Å². The van der Waals surface area contributed by atoms with Gasteiger partial charge in [0.05, 0.1) is 24.6 Å². The number of ether oxygens (including phenoxy) is 2. The third kappa shape index (κ3) is 6.50. The van der Waals surface area contributed by atoms with E-state index in [9.17, 15) is 14.4 Å². The third-order valence-corrected chi connectivity index (χ3v) is 4.89. The molecular weight excluding hydrogens is 490 g/mol. The predicted molar refractivity (Wildman–Crippen MR) is 128 cm³/mol. The highest BCUT2D eigenvalue weighted by atomic mass is 79.9. The minimum absolute atomic E-state index is 0.236. The van der Waals surface area contributed by atoms with Crippen molar-refractivity contribution in [3.05, 3.63) is 87.9 Å². The maximum atomic E-state index is 12.4. The molecule has 0 heterocycles. The number of nitrogens with zero attached hydrogens (tertiary/aromatic N) is 1. The van der Waals surface area contributed by atoms with E-state index in [0.717, 1.165) is 5.56 Å². The maximum absolute atomic E-state index is 12.4. The van der Waals surface area contributed by atoms with Crippen molar-refractivity contribution < 1.29 is 23.9 Å². The number of carbonyl (C=O) groups is 3. The van der Waals surface area contributed by atoms with Crippen molar-refractivity contribution in [3.8, 4) is 11.5 Å². The van der Waals surface area contributed by atoms with Crippen LogP contribution in [0, 0.1) is 6.92 Å². The molecule has 0 unspecified atom stereocenters. The second-order valence-corrected chi connectivity index (χ2v) is 7.71. The Labute approximate surface area is 198 Å². The SMILES string of the molecule is COc1ccccc1NC(=O)C(=O)N/N=C/c1cc(Br)ccc1OC(=O)c1ccc(C)cc1. The lowest BCUT2D eigenvalue weighted by Crippen LogP contribution is -2.32. The Morgan fingerprint density at radius 2 is 1.67 bits per heavy atom. The van der Waals surface area contributed by atoms with Crippen LogP contribution in [0.2, 0.25) is 0 Å². The zero-order valence-electron chi connectivity index (χ0n) is 17.8. The normalized spacial score (nSPS) is 10.5. The van der Waals surface area contributed by atoms with Crippen molar-refractivity contribution in [2.24, 2.45) is 5.10 Å². The zero-order valence-corrected chi connectivity index (χ0v) is 19.4. The standard InChI is InChI=1S/C24H20BrN3O5/c1-15-7-9-16(10-8-15)24(31)33-20-12-11-18(25)13-17(20)14-26-28-23(30)22(29)27-19-5-3-4-6-21(19)32-2/h3-14H,1-2H3,(H,27,29)(H,28,30)/b26-14+. The summed E-state index contributed by atoms with van der Waals surface area (Å²) in [7, 11) is 1.45. The van der Waals surface area contributed by atoms with Crippen molar-refractivity contribution in [1.29, 1.82) is 0 Å². The monoisotopic (exact) mass is 509 g/mol. The van der Waals surface area contributed by atoms with Gasteiger partial charge in [-0.05, 0) is 49.4 Å². The van der Waals surface area contributed by atoms with E-state index in [0.29, 0.717) is 27.0 Å². The number of aryl methyl sites for hydroxylation is 1. The van der Waals surface area contributed by atoms with Gasteiger partial charge in [-0.1, -0.05) is 45.8 Å². The van der Waals surface area contributed by atoms with Crippen LogP contribution in [0.1, 0.15) is 21.5 Å². The Balaban J connectivity index is 1.67. The lowest BCUT2D eigenvalue weighted by atomic mass is 10.1. The number of nitrogens with one attached hydrogen (secondary N) is 2. The number of anilines is 1. The summed E-state index contributed by atoms with van der Waals surface area (Å²) in [6.07, 6.45) is 1.27. The van der Waals surface area contributed by atoms with E-state index in [1.165, 1.54) is 13.3 Å². The molecule has 3 aromatic carbocycles. The Bertz CT molecular complexity index is 1210. The number of amides is 2. The summed E-state index contributed by atoms with van der Waals surface area (Å²) in [6, 6.07) is 18.6. The molecule has 0 aromatic heterocycles. The summed E-state index contributed by atoms with van der Waals surface area (Å²) < 4.78 is 11.3. The molecule has 8 nitrogen and oxygen atoms in total. The summed E-state index contributed by atoms with van der Waals surface area (Å²) in [6.45, 7) is 1.92. The number of rotatable bonds is 6. The molecule has 2 amide bonds. The molecule has 0 radical (unpaired) electrons. The molecule has 0 saturated carbocycles. The van der Waals surface area contributed by atoms with Gasteiger partial charge in [0, 0.05) is 10.0 Å². The van der Waals surface area contributed by atoms with Crippen LogP contribution in [0.4, 0.5) is 5.69 Å². The van der Waals surface area contributed by atoms with Crippen LogP contribution in [0.3, 0.4) is 0 Å². The molecule has 0 fully saturated rings. The first-order valence-electron chi connectivity index (χ1n) is 9.73. The van der Waals surface area contributed by atoms with Crippen LogP contribution in [-0.2, 0) is 9.59 Å². The molecule has 0 aliphatic carbocycles. The number of hydrogen-bond donors (Lipinski definition) is 2. The van der Waals surface area contributed by atoms with Gasteiger partial charge in [0.2, 0.25) is 0 Å². The van der Waals surface area contributed by atoms with Gasteiger partial charge in [0.1, 0.15) is 11.5 Å². The molecule has 0 bridgehead atoms. The maximum Gasteiger partial charge on any atom is 0.343 e. The molecule has 33 heavy (non-hydrogen) atoms. The first-order chi connectivity index (χ1) is 15.9. The molecule has 3 aromatic rings. The lowest BCUT2D eigenvalue weighted by Gasteiger charge is -2.09. The van der Waals surface area contributed by atoms with Crippen LogP contribution in [0.5, 0.6) is 11.5 Å². The Kier molecular flexibility index (Phi) is 7.93. The van der Waals surface area contributed by atoms with E-state index >= 15 is 0 Å². The largest absolute Gasteiger partial charge is 0.495 e. The van der Waals surface area contributed by atoms with E-state index in [1.807, 2.05) is 19.1 Å². The first kappa shape index (κ1) is 23.7. The average Bonchev–Trinajstić information content (AvgIpc) is 2.81. The number of esters is 1. The molecular formula is C24H20BrN3O5. The van der Waals surface area contributed by atoms with Gasteiger partial charge in [0.15, 0.2) is 0 Å². The summed E-state index contributed by atoms with van der Waals surface area (Å²) >= 11 is 3.34. The number of halogens is 1. The lowest BCUT2D eigenvalue weighted by molar-refractivity contribution is -0.136. The van der Waals surface area contributed by atoms with Crippen molar-refractivity contribution in [1.82, 2.24) is 5.43 Å².